The van der Waals surface area contributed by atoms with E-state index in [-0.39, 0.29) is 11.3 Å². The summed E-state index contributed by atoms with van der Waals surface area (Å²) in [6, 6.07) is 2.21. The molecule has 0 saturated carbocycles. The van der Waals surface area contributed by atoms with Crippen molar-refractivity contribution in [3.8, 4) is 0 Å². The zero-order chi connectivity index (χ0) is 15.8. The number of halogens is 1. The average molecular weight is 295 g/mol. The molecule has 6 heteroatoms. The van der Waals surface area contributed by atoms with E-state index in [2.05, 4.69) is 0 Å². The number of ether oxygens (including phenoxy) is 1. The topological polar surface area (TPSA) is 66.8 Å². The molecule has 21 heavy (non-hydrogen) atoms. The van der Waals surface area contributed by atoms with Crippen LogP contribution in [-0.2, 0) is 11.2 Å². The number of hydrogen-bond acceptors (Lipinski definition) is 3. The second kappa shape index (κ2) is 5.35. The number of anilines is 1. The van der Waals surface area contributed by atoms with Gasteiger partial charge in [0, 0.05) is 6.54 Å². The molecule has 0 unspecified atom stereocenters. The molecular weight excluding hydrogens is 277 g/mol. The molecule has 0 spiro atoms. The third kappa shape index (κ3) is 3.32. The van der Waals surface area contributed by atoms with Gasteiger partial charge in [-0.1, -0.05) is 0 Å². The van der Waals surface area contributed by atoms with Crippen molar-refractivity contribution in [2.24, 2.45) is 0 Å². The Labute approximate surface area is 122 Å². The monoisotopic (exact) mass is 295 g/mol. The molecule has 0 radical (unpaired) electrons. The number of hydrogen-bond donors (Lipinski definition) is 1. The Morgan fingerprint density at radius 3 is 2.57 bits per heavy atom. The number of aryl methyl sites for hydroxylation is 1. The van der Waals surface area contributed by atoms with Gasteiger partial charge in [-0.2, -0.15) is 0 Å². The highest BCUT2D eigenvalue weighted by atomic mass is 19.1. The smallest absolute Gasteiger partial charge is 0.414 e. The second-order valence-electron chi connectivity index (χ2n) is 6.00. The Morgan fingerprint density at radius 1 is 1.33 bits per heavy atom. The molecule has 0 atom stereocenters. The molecule has 1 aliphatic heterocycles. The van der Waals surface area contributed by atoms with Crippen LogP contribution in [0.15, 0.2) is 12.1 Å². The summed E-state index contributed by atoms with van der Waals surface area (Å²) in [5.74, 6) is -1.88. The minimum atomic E-state index is -1.26. The van der Waals surface area contributed by atoms with E-state index in [0.29, 0.717) is 24.9 Å². The predicted octanol–water partition coefficient (Wildman–Crippen LogP) is 3.21. The van der Waals surface area contributed by atoms with Crippen LogP contribution in [0.2, 0.25) is 0 Å². The molecule has 114 valence electrons. The Morgan fingerprint density at radius 2 is 2.00 bits per heavy atom. The number of carboxylic acids is 1. The van der Waals surface area contributed by atoms with Crippen LogP contribution >= 0.6 is 0 Å². The molecule has 0 aromatic heterocycles. The zero-order valence-electron chi connectivity index (χ0n) is 12.3. The number of amides is 1. The average Bonchev–Trinajstić information content (AvgIpc) is 2.34. The Bertz CT molecular complexity index is 592. The van der Waals surface area contributed by atoms with E-state index >= 15 is 0 Å². The van der Waals surface area contributed by atoms with Gasteiger partial charge in [0.05, 0.1) is 11.3 Å². The number of carbonyl (C=O) groups is 2. The van der Waals surface area contributed by atoms with Gasteiger partial charge in [-0.3, -0.25) is 4.90 Å². The summed E-state index contributed by atoms with van der Waals surface area (Å²) in [7, 11) is 0. The van der Waals surface area contributed by atoms with Crippen LogP contribution < -0.4 is 4.90 Å². The third-order valence-corrected chi connectivity index (χ3v) is 3.10. The normalized spacial score (nSPS) is 14.6. The lowest BCUT2D eigenvalue weighted by Crippen LogP contribution is -2.40. The van der Waals surface area contributed by atoms with Crippen LogP contribution in [0.25, 0.3) is 0 Å². The number of aromatic carboxylic acids is 1. The Hall–Kier alpha value is -2.11. The largest absolute Gasteiger partial charge is 0.478 e. The first-order valence-corrected chi connectivity index (χ1v) is 6.75. The van der Waals surface area contributed by atoms with Gasteiger partial charge in [0.25, 0.3) is 0 Å². The molecule has 0 bridgehead atoms. The molecule has 1 heterocycles. The minimum absolute atomic E-state index is 0.212. The number of fused-ring (bicyclic) bond motifs is 1. The lowest BCUT2D eigenvalue weighted by atomic mass is 9.97. The van der Waals surface area contributed by atoms with E-state index in [9.17, 15) is 19.1 Å². The van der Waals surface area contributed by atoms with E-state index in [0.717, 1.165) is 6.07 Å². The quantitative estimate of drug-likeness (QED) is 0.864. The summed E-state index contributed by atoms with van der Waals surface area (Å²) in [6.45, 7) is 5.56. The third-order valence-electron chi connectivity index (χ3n) is 3.10. The first kappa shape index (κ1) is 15.3. The number of rotatable bonds is 1. The summed E-state index contributed by atoms with van der Waals surface area (Å²) >= 11 is 0. The van der Waals surface area contributed by atoms with Crippen molar-refractivity contribution in [3.05, 3.63) is 29.1 Å². The summed E-state index contributed by atoms with van der Waals surface area (Å²) < 4.78 is 18.8. The summed E-state index contributed by atoms with van der Waals surface area (Å²) in [5.41, 5.74) is -0.137. The van der Waals surface area contributed by atoms with Gasteiger partial charge in [0.15, 0.2) is 0 Å². The molecular formula is C15H18FNO4. The van der Waals surface area contributed by atoms with E-state index in [1.165, 1.54) is 11.0 Å². The second-order valence-corrected chi connectivity index (χ2v) is 6.00. The van der Waals surface area contributed by atoms with Crippen LogP contribution in [0.3, 0.4) is 0 Å². The van der Waals surface area contributed by atoms with Crippen LogP contribution in [0.5, 0.6) is 0 Å². The Kier molecular flexibility index (Phi) is 3.89. The lowest BCUT2D eigenvalue weighted by Gasteiger charge is -2.32. The molecule has 0 aliphatic carbocycles. The maximum Gasteiger partial charge on any atom is 0.414 e. The zero-order valence-corrected chi connectivity index (χ0v) is 12.3. The van der Waals surface area contributed by atoms with Crippen molar-refractivity contribution < 1.29 is 23.8 Å². The maximum atomic E-state index is 13.5. The fourth-order valence-corrected chi connectivity index (χ4v) is 2.37. The number of carbonyl (C=O) groups excluding carboxylic acids is 1. The minimum Gasteiger partial charge on any atom is -0.478 e. The van der Waals surface area contributed by atoms with Crippen LogP contribution in [-0.4, -0.2) is 29.3 Å². The number of carboxylic acid groups (broad SMARTS) is 1. The Balaban J connectivity index is 2.47. The van der Waals surface area contributed by atoms with Crippen molar-refractivity contribution in [1.29, 1.82) is 0 Å². The van der Waals surface area contributed by atoms with Crippen LogP contribution in [0, 0.1) is 5.82 Å². The number of benzene rings is 1. The van der Waals surface area contributed by atoms with Gasteiger partial charge in [0.1, 0.15) is 11.4 Å². The van der Waals surface area contributed by atoms with Gasteiger partial charge in [0.2, 0.25) is 0 Å². The molecule has 0 saturated heterocycles. The standard InChI is InChI=1S/C15H18FNO4/c1-15(2,3)21-14(20)17-6-4-5-9-7-10(16)8-11(12(9)17)13(18)19/h7-8H,4-6H2,1-3H3,(H,18,19). The van der Waals surface area contributed by atoms with E-state index in [1.54, 1.807) is 20.8 Å². The molecule has 1 aromatic rings. The molecule has 0 fully saturated rings. The van der Waals surface area contributed by atoms with E-state index < -0.39 is 23.5 Å². The summed E-state index contributed by atoms with van der Waals surface area (Å²) in [5, 5.41) is 9.25. The van der Waals surface area contributed by atoms with Crippen molar-refractivity contribution in [3.63, 3.8) is 0 Å². The predicted molar refractivity (Wildman–Crippen MR) is 75.3 cm³/mol. The SMILES string of the molecule is CC(C)(C)OC(=O)N1CCCc2cc(F)cc(C(=O)O)c21. The molecule has 2 rings (SSSR count). The number of nitrogens with zero attached hydrogens (tertiary/aromatic N) is 1. The van der Waals surface area contributed by atoms with E-state index in [4.69, 9.17) is 4.74 Å². The molecule has 5 nitrogen and oxygen atoms in total. The first-order chi connectivity index (χ1) is 9.69. The molecule has 1 aliphatic rings. The first-order valence-electron chi connectivity index (χ1n) is 6.75. The van der Waals surface area contributed by atoms with Crippen molar-refractivity contribution in [1.82, 2.24) is 0 Å². The van der Waals surface area contributed by atoms with E-state index in [1.807, 2.05) is 0 Å². The van der Waals surface area contributed by atoms with Gasteiger partial charge < -0.3 is 9.84 Å². The molecule has 1 amide bonds. The van der Waals surface area contributed by atoms with Gasteiger partial charge in [-0.05, 0) is 51.3 Å². The highest BCUT2D eigenvalue weighted by Crippen LogP contribution is 2.33. The summed E-state index contributed by atoms with van der Waals surface area (Å²) in [4.78, 5) is 24.9. The van der Waals surface area contributed by atoms with Crippen LogP contribution in [0.4, 0.5) is 14.9 Å². The summed E-state index contributed by atoms with van der Waals surface area (Å²) in [6.07, 6.45) is 0.555. The van der Waals surface area contributed by atoms with Gasteiger partial charge in [-0.25, -0.2) is 14.0 Å². The maximum absolute atomic E-state index is 13.5. The molecule has 1 aromatic carbocycles. The van der Waals surface area contributed by atoms with Crippen molar-refractivity contribution >= 4 is 17.7 Å². The van der Waals surface area contributed by atoms with Crippen molar-refractivity contribution in [2.45, 2.75) is 39.2 Å². The van der Waals surface area contributed by atoms with Gasteiger partial charge in [-0.15, -0.1) is 0 Å². The fourth-order valence-electron chi connectivity index (χ4n) is 2.37. The van der Waals surface area contributed by atoms with Crippen molar-refractivity contribution in [2.75, 3.05) is 11.4 Å². The highest BCUT2D eigenvalue weighted by molar-refractivity contribution is 6.01. The lowest BCUT2D eigenvalue weighted by molar-refractivity contribution is 0.0577. The molecule has 1 N–H and O–H groups in total. The van der Waals surface area contributed by atoms with Gasteiger partial charge >= 0.3 is 12.1 Å². The fraction of sp³-hybridized carbons (Fsp3) is 0.467. The highest BCUT2D eigenvalue weighted by Gasteiger charge is 2.31. The van der Waals surface area contributed by atoms with Crippen LogP contribution in [0.1, 0.15) is 43.1 Å².